The molecule has 1 aromatic carbocycles. The molecule has 0 spiro atoms. The Labute approximate surface area is 83.7 Å². The summed E-state index contributed by atoms with van der Waals surface area (Å²) in [5.74, 6) is -2.38. The van der Waals surface area contributed by atoms with E-state index in [9.17, 15) is 14.3 Å². The van der Waals surface area contributed by atoms with Gasteiger partial charge in [-0.1, -0.05) is 0 Å². The molecule has 1 heterocycles. The Morgan fingerprint density at radius 3 is 2.87 bits per heavy atom. The van der Waals surface area contributed by atoms with E-state index in [1.165, 1.54) is 6.07 Å². The minimum atomic E-state index is -1.90. The average molecular weight is 214 g/mol. The Morgan fingerprint density at radius 2 is 2.20 bits per heavy atom. The van der Waals surface area contributed by atoms with Gasteiger partial charge in [0.1, 0.15) is 0 Å². The Morgan fingerprint density at radius 1 is 1.47 bits per heavy atom. The number of carbonyl (C=O) groups is 1. The molecule has 0 saturated carbocycles. The Balaban J connectivity index is 2.46. The van der Waals surface area contributed by atoms with E-state index in [0.717, 1.165) is 6.07 Å². The van der Waals surface area contributed by atoms with Crippen molar-refractivity contribution in [2.24, 2.45) is 0 Å². The maximum atomic E-state index is 13.6. The van der Waals surface area contributed by atoms with Gasteiger partial charge in [0.15, 0.2) is 17.7 Å². The molecule has 1 atom stereocenters. The number of aliphatic hydroxyl groups excluding tert-OH is 1. The van der Waals surface area contributed by atoms with Gasteiger partial charge in [0.05, 0.1) is 0 Å². The Kier molecular flexibility index (Phi) is 2.20. The summed E-state index contributed by atoms with van der Waals surface area (Å²) in [6.45, 7) is -0.112. The van der Waals surface area contributed by atoms with Crippen molar-refractivity contribution >= 4 is 5.97 Å². The number of fused-ring (bicyclic) bond motifs is 1. The van der Waals surface area contributed by atoms with Crippen LogP contribution in [-0.4, -0.2) is 23.0 Å². The van der Waals surface area contributed by atoms with Gasteiger partial charge in [-0.15, -0.1) is 0 Å². The van der Waals surface area contributed by atoms with E-state index in [4.69, 9.17) is 14.6 Å². The lowest BCUT2D eigenvalue weighted by Gasteiger charge is -2.08. The molecule has 0 amide bonds. The summed E-state index contributed by atoms with van der Waals surface area (Å²) in [6.07, 6.45) is -1.90. The molecule has 0 aromatic heterocycles. The van der Waals surface area contributed by atoms with Gasteiger partial charge in [0.25, 0.3) is 0 Å². The van der Waals surface area contributed by atoms with Crippen molar-refractivity contribution in [3.05, 3.63) is 23.5 Å². The number of halogens is 1. The molecule has 1 aromatic rings. The van der Waals surface area contributed by atoms with Crippen molar-refractivity contribution in [1.29, 1.82) is 0 Å². The highest BCUT2D eigenvalue weighted by molar-refractivity contribution is 5.74. The van der Waals surface area contributed by atoms with Gasteiger partial charge in [0.2, 0.25) is 12.5 Å². The molecule has 0 saturated heterocycles. The predicted molar refractivity (Wildman–Crippen MR) is 45.1 cm³/mol. The van der Waals surface area contributed by atoms with Gasteiger partial charge in [-0.25, -0.2) is 9.18 Å². The predicted octanol–water partition coefficient (Wildman–Crippen LogP) is 0.672. The monoisotopic (exact) mass is 214 g/mol. The third kappa shape index (κ3) is 1.48. The summed E-state index contributed by atoms with van der Waals surface area (Å²) < 4.78 is 23.2. The van der Waals surface area contributed by atoms with Gasteiger partial charge in [-0.05, 0) is 12.1 Å². The third-order valence-corrected chi connectivity index (χ3v) is 2.04. The number of rotatable bonds is 2. The van der Waals surface area contributed by atoms with Crippen molar-refractivity contribution in [3.63, 3.8) is 0 Å². The molecular weight excluding hydrogens is 207 g/mol. The van der Waals surface area contributed by atoms with Crippen molar-refractivity contribution in [3.8, 4) is 11.5 Å². The van der Waals surface area contributed by atoms with Gasteiger partial charge >= 0.3 is 5.97 Å². The maximum Gasteiger partial charge on any atom is 0.337 e. The molecule has 2 rings (SSSR count). The lowest BCUT2D eigenvalue weighted by atomic mass is 10.1. The van der Waals surface area contributed by atoms with Crippen molar-refractivity contribution in [1.82, 2.24) is 0 Å². The van der Waals surface area contributed by atoms with Crippen LogP contribution < -0.4 is 9.47 Å². The molecule has 1 aliphatic heterocycles. The van der Waals surface area contributed by atoms with E-state index in [1.807, 2.05) is 0 Å². The normalized spacial score (nSPS) is 15.1. The second-order valence-electron chi connectivity index (χ2n) is 2.94. The first-order valence-corrected chi connectivity index (χ1v) is 4.10. The van der Waals surface area contributed by atoms with Crippen molar-refractivity contribution in [2.75, 3.05) is 6.79 Å². The van der Waals surface area contributed by atoms with Gasteiger partial charge in [0, 0.05) is 5.56 Å². The molecule has 1 unspecified atom stereocenters. The lowest BCUT2D eigenvalue weighted by Crippen LogP contribution is -2.12. The molecule has 0 fully saturated rings. The van der Waals surface area contributed by atoms with Crippen LogP contribution in [0.2, 0.25) is 0 Å². The smallest absolute Gasteiger partial charge is 0.337 e. The topological polar surface area (TPSA) is 76.0 Å². The number of aliphatic hydroxyl groups is 1. The summed E-state index contributed by atoms with van der Waals surface area (Å²) in [4.78, 5) is 10.5. The molecule has 0 aliphatic carbocycles. The van der Waals surface area contributed by atoms with Gasteiger partial charge in [-0.3, -0.25) is 0 Å². The molecule has 15 heavy (non-hydrogen) atoms. The average Bonchev–Trinajstić information content (AvgIpc) is 2.66. The van der Waals surface area contributed by atoms with Crippen LogP contribution in [0.5, 0.6) is 11.5 Å². The van der Waals surface area contributed by atoms with Crippen LogP contribution in [0.15, 0.2) is 12.1 Å². The number of carboxylic acid groups (broad SMARTS) is 1. The van der Waals surface area contributed by atoms with E-state index in [-0.39, 0.29) is 23.9 Å². The maximum absolute atomic E-state index is 13.6. The second kappa shape index (κ2) is 3.39. The first-order valence-electron chi connectivity index (χ1n) is 4.10. The minimum absolute atomic E-state index is 0.112. The summed E-state index contributed by atoms with van der Waals surface area (Å²) in [7, 11) is 0. The molecule has 2 N–H and O–H groups in total. The number of benzene rings is 1. The van der Waals surface area contributed by atoms with Crippen LogP contribution in [0.1, 0.15) is 11.7 Å². The fraction of sp³-hybridized carbons (Fsp3) is 0.222. The zero-order valence-electron chi connectivity index (χ0n) is 7.44. The summed E-state index contributed by atoms with van der Waals surface area (Å²) in [5, 5.41) is 17.7. The van der Waals surface area contributed by atoms with Gasteiger partial charge in [-0.2, -0.15) is 0 Å². The van der Waals surface area contributed by atoms with Crippen LogP contribution in [0.25, 0.3) is 0 Å². The quantitative estimate of drug-likeness (QED) is 0.756. The zero-order chi connectivity index (χ0) is 11.0. The number of hydrogen-bond acceptors (Lipinski definition) is 4. The van der Waals surface area contributed by atoms with Crippen LogP contribution in [-0.2, 0) is 4.79 Å². The Hall–Kier alpha value is -1.82. The van der Waals surface area contributed by atoms with Crippen LogP contribution in [0.3, 0.4) is 0 Å². The number of aliphatic carboxylic acids is 1. The molecule has 6 heteroatoms. The van der Waals surface area contributed by atoms with E-state index in [1.54, 1.807) is 0 Å². The zero-order valence-corrected chi connectivity index (χ0v) is 7.44. The molecule has 5 nitrogen and oxygen atoms in total. The molecule has 1 aliphatic rings. The lowest BCUT2D eigenvalue weighted by molar-refractivity contribution is -0.147. The number of carboxylic acids is 1. The van der Waals surface area contributed by atoms with E-state index < -0.39 is 17.9 Å². The largest absolute Gasteiger partial charge is 0.479 e. The fourth-order valence-electron chi connectivity index (χ4n) is 1.30. The summed E-state index contributed by atoms with van der Waals surface area (Å²) >= 11 is 0. The highest BCUT2D eigenvalue weighted by atomic mass is 19.1. The van der Waals surface area contributed by atoms with Crippen molar-refractivity contribution in [2.45, 2.75) is 6.10 Å². The van der Waals surface area contributed by atoms with Crippen molar-refractivity contribution < 1.29 is 28.9 Å². The Bertz CT molecular complexity index is 417. The minimum Gasteiger partial charge on any atom is -0.479 e. The van der Waals surface area contributed by atoms with Crippen LogP contribution in [0.4, 0.5) is 4.39 Å². The van der Waals surface area contributed by atoms with Gasteiger partial charge < -0.3 is 19.7 Å². The fourth-order valence-corrected chi connectivity index (χ4v) is 1.30. The highest BCUT2D eigenvalue weighted by Crippen LogP contribution is 2.37. The van der Waals surface area contributed by atoms with Crippen LogP contribution >= 0.6 is 0 Å². The van der Waals surface area contributed by atoms with E-state index >= 15 is 0 Å². The molecule has 0 radical (unpaired) electrons. The molecule has 0 bridgehead atoms. The van der Waals surface area contributed by atoms with E-state index in [2.05, 4.69) is 0 Å². The second-order valence-corrected chi connectivity index (χ2v) is 2.94. The number of hydrogen-bond donors (Lipinski definition) is 2. The highest BCUT2D eigenvalue weighted by Gasteiger charge is 2.27. The standard InChI is InChI=1S/C9H7FO5/c10-6-4(7(11)9(12)13)1-2-5-8(6)15-3-14-5/h1-2,7,11H,3H2,(H,12,13). The molecule has 80 valence electrons. The van der Waals surface area contributed by atoms with Crippen LogP contribution in [0, 0.1) is 5.82 Å². The summed E-state index contributed by atoms with van der Waals surface area (Å²) in [5.41, 5.74) is -0.341. The van der Waals surface area contributed by atoms with E-state index in [0.29, 0.717) is 0 Å². The number of ether oxygens (including phenoxy) is 2. The third-order valence-electron chi connectivity index (χ3n) is 2.04. The summed E-state index contributed by atoms with van der Waals surface area (Å²) in [6, 6.07) is 2.51. The first-order chi connectivity index (χ1) is 7.11. The first kappa shape index (κ1) is 9.72. The molecular formula is C9H7FO5. The SMILES string of the molecule is O=C(O)C(O)c1ccc2c(c1F)OCO2.